The molecule has 0 saturated carbocycles. The fourth-order valence-corrected chi connectivity index (χ4v) is 10.6. The lowest BCUT2D eigenvalue weighted by atomic mass is 10.0. The molecule has 0 aromatic rings. The highest BCUT2D eigenvalue weighted by Crippen LogP contribution is 2.18. The smallest absolute Gasteiger partial charge is 0.306 e. The number of hydrogen-bond donors (Lipinski definition) is 0. The standard InChI is InChI=1S/C75H136O6/c1-4-7-10-13-16-19-22-25-28-30-32-33-34-35-36-37-38-39-40-41-43-44-47-50-53-56-59-62-65-68-74(77)80-71-72(70-79-73(76)67-64-61-58-55-52-49-46-27-24-21-18-15-12-9-6-3)81-75(78)69-66-63-60-57-54-51-48-45-42-31-29-26-23-20-17-14-11-8-5-2/h17-18,20-21,26-27,29,42,45-46,72H,4-16,19,22-25,28,30-41,43-44,47-71H2,1-3H3/b20-17-,21-18-,29-26-,45-42-,46-27-. The van der Waals surface area contributed by atoms with Crippen LogP contribution in [0.2, 0.25) is 0 Å². The molecule has 472 valence electrons. The van der Waals surface area contributed by atoms with Gasteiger partial charge in [-0.05, 0) is 89.9 Å². The normalized spacial score (nSPS) is 12.4. The Labute approximate surface area is 504 Å². The van der Waals surface area contributed by atoms with Gasteiger partial charge in [-0.1, -0.05) is 332 Å². The summed E-state index contributed by atoms with van der Waals surface area (Å²) in [7, 11) is 0. The zero-order valence-corrected chi connectivity index (χ0v) is 54.3. The number of esters is 3. The Hall–Kier alpha value is -2.89. The summed E-state index contributed by atoms with van der Waals surface area (Å²) in [5, 5.41) is 0. The van der Waals surface area contributed by atoms with E-state index in [1.54, 1.807) is 0 Å². The summed E-state index contributed by atoms with van der Waals surface area (Å²) in [5.74, 6) is -0.886. The van der Waals surface area contributed by atoms with Crippen molar-refractivity contribution < 1.29 is 28.6 Å². The fraction of sp³-hybridized carbons (Fsp3) is 0.827. The maximum atomic E-state index is 12.9. The van der Waals surface area contributed by atoms with Gasteiger partial charge in [-0.15, -0.1) is 0 Å². The Kier molecular flexibility index (Phi) is 67.1. The lowest BCUT2D eigenvalue weighted by molar-refractivity contribution is -0.167. The molecule has 81 heavy (non-hydrogen) atoms. The highest BCUT2D eigenvalue weighted by molar-refractivity contribution is 5.71. The van der Waals surface area contributed by atoms with E-state index in [-0.39, 0.29) is 31.1 Å². The van der Waals surface area contributed by atoms with Crippen molar-refractivity contribution in [1.82, 2.24) is 0 Å². The van der Waals surface area contributed by atoms with Crippen molar-refractivity contribution in [3.8, 4) is 0 Å². The summed E-state index contributed by atoms with van der Waals surface area (Å²) < 4.78 is 17.0. The number of hydrogen-bond acceptors (Lipinski definition) is 6. The van der Waals surface area contributed by atoms with Crippen LogP contribution in [0, 0.1) is 0 Å². The van der Waals surface area contributed by atoms with Gasteiger partial charge in [0, 0.05) is 19.3 Å². The fourth-order valence-electron chi connectivity index (χ4n) is 10.6. The third-order valence-corrected chi connectivity index (χ3v) is 16.0. The molecule has 6 heteroatoms. The van der Waals surface area contributed by atoms with Crippen molar-refractivity contribution in [2.75, 3.05) is 13.2 Å². The second-order valence-electron chi connectivity index (χ2n) is 24.1. The van der Waals surface area contributed by atoms with Crippen LogP contribution in [0.4, 0.5) is 0 Å². The SMILES string of the molecule is CCCCC/C=C\C/C=C\C/C=C\CCCCCCCCC(=O)OC(COC(=O)CCCCCCC/C=C\C/C=C\CCCCC)COC(=O)CCCCCCCCCCCCCCCCCCCCCCCCCCCCCCC. The molecule has 0 saturated heterocycles. The van der Waals surface area contributed by atoms with Crippen molar-refractivity contribution in [1.29, 1.82) is 0 Å². The van der Waals surface area contributed by atoms with Crippen molar-refractivity contribution in [2.24, 2.45) is 0 Å². The summed E-state index contributed by atoms with van der Waals surface area (Å²) in [5.41, 5.74) is 0. The molecule has 1 atom stereocenters. The van der Waals surface area contributed by atoms with E-state index < -0.39 is 6.10 Å². The molecule has 0 bridgehead atoms. The second kappa shape index (κ2) is 69.6. The minimum atomic E-state index is -0.788. The second-order valence-corrected chi connectivity index (χ2v) is 24.1. The van der Waals surface area contributed by atoms with Crippen LogP contribution in [0.5, 0.6) is 0 Å². The van der Waals surface area contributed by atoms with Gasteiger partial charge >= 0.3 is 17.9 Å². The maximum absolute atomic E-state index is 12.9. The van der Waals surface area contributed by atoms with E-state index in [2.05, 4.69) is 81.5 Å². The maximum Gasteiger partial charge on any atom is 0.306 e. The topological polar surface area (TPSA) is 78.9 Å². The molecule has 0 fully saturated rings. The summed E-state index contributed by atoms with van der Waals surface area (Å²) >= 11 is 0. The van der Waals surface area contributed by atoms with Crippen molar-refractivity contribution >= 4 is 17.9 Å². The number of ether oxygens (including phenoxy) is 3. The Morgan fingerprint density at radius 2 is 0.444 bits per heavy atom. The Balaban J connectivity index is 4.24. The molecular formula is C75H136O6. The van der Waals surface area contributed by atoms with Gasteiger partial charge in [0.1, 0.15) is 13.2 Å². The molecule has 1 unspecified atom stereocenters. The van der Waals surface area contributed by atoms with Gasteiger partial charge in [0.05, 0.1) is 0 Å². The number of allylic oxidation sites excluding steroid dienone is 10. The van der Waals surface area contributed by atoms with Crippen LogP contribution < -0.4 is 0 Å². The summed E-state index contributed by atoms with van der Waals surface area (Å²) in [6, 6.07) is 0. The molecule has 0 N–H and O–H groups in total. The monoisotopic (exact) mass is 1130 g/mol. The third-order valence-electron chi connectivity index (χ3n) is 16.0. The predicted molar refractivity (Wildman–Crippen MR) is 353 cm³/mol. The Morgan fingerprint density at radius 3 is 0.716 bits per heavy atom. The highest BCUT2D eigenvalue weighted by atomic mass is 16.6. The van der Waals surface area contributed by atoms with Gasteiger partial charge in [0.15, 0.2) is 6.10 Å². The Bertz CT molecular complexity index is 1440. The van der Waals surface area contributed by atoms with Crippen LogP contribution in [-0.4, -0.2) is 37.2 Å². The van der Waals surface area contributed by atoms with Gasteiger partial charge in [0.25, 0.3) is 0 Å². The predicted octanol–water partition coefficient (Wildman–Crippen LogP) is 24.7. The molecule has 0 aliphatic heterocycles. The van der Waals surface area contributed by atoms with Crippen molar-refractivity contribution in [3.63, 3.8) is 0 Å². The Morgan fingerprint density at radius 1 is 0.247 bits per heavy atom. The van der Waals surface area contributed by atoms with Crippen LogP contribution in [0.1, 0.15) is 380 Å². The first kappa shape index (κ1) is 78.1. The third kappa shape index (κ3) is 67.8. The van der Waals surface area contributed by atoms with Gasteiger partial charge in [0.2, 0.25) is 0 Å². The summed E-state index contributed by atoms with van der Waals surface area (Å²) in [6.45, 7) is 6.62. The minimum Gasteiger partial charge on any atom is -0.462 e. The van der Waals surface area contributed by atoms with Gasteiger partial charge < -0.3 is 14.2 Å². The van der Waals surface area contributed by atoms with E-state index in [0.29, 0.717) is 19.3 Å². The first-order valence-electron chi connectivity index (χ1n) is 35.8. The molecule has 0 aromatic carbocycles. The van der Waals surface area contributed by atoms with E-state index in [9.17, 15) is 14.4 Å². The molecule has 0 radical (unpaired) electrons. The summed E-state index contributed by atoms with van der Waals surface area (Å²) in [4.78, 5) is 38.4. The molecule has 0 heterocycles. The van der Waals surface area contributed by atoms with Crippen molar-refractivity contribution in [3.05, 3.63) is 60.8 Å². The molecule has 6 nitrogen and oxygen atoms in total. The van der Waals surface area contributed by atoms with Crippen LogP contribution in [0.15, 0.2) is 60.8 Å². The van der Waals surface area contributed by atoms with E-state index >= 15 is 0 Å². The van der Waals surface area contributed by atoms with Crippen LogP contribution >= 0.6 is 0 Å². The van der Waals surface area contributed by atoms with Crippen LogP contribution in [-0.2, 0) is 28.6 Å². The zero-order chi connectivity index (χ0) is 58.5. The number of unbranched alkanes of at least 4 members (excludes halogenated alkanes) is 45. The van der Waals surface area contributed by atoms with Crippen molar-refractivity contribution in [2.45, 2.75) is 386 Å². The van der Waals surface area contributed by atoms with E-state index in [0.717, 1.165) is 103 Å². The van der Waals surface area contributed by atoms with Gasteiger partial charge in [-0.3, -0.25) is 14.4 Å². The van der Waals surface area contributed by atoms with E-state index in [1.807, 2.05) is 0 Å². The molecular weight excluding hydrogens is 997 g/mol. The first-order chi connectivity index (χ1) is 40.0. The largest absolute Gasteiger partial charge is 0.462 e. The molecule has 0 spiro atoms. The number of rotatable bonds is 66. The van der Waals surface area contributed by atoms with E-state index in [4.69, 9.17) is 14.2 Å². The van der Waals surface area contributed by atoms with Crippen LogP contribution in [0.25, 0.3) is 0 Å². The van der Waals surface area contributed by atoms with E-state index in [1.165, 1.54) is 238 Å². The highest BCUT2D eigenvalue weighted by Gasteiger charge is 2.19. The zero-order valence-electron chi connectivity index (χ0n) is 54.3. The van der Waals surface area contributed by atoms with Gasteiger partial charge in [-0.2, -0.15) is 0 Å². The number of carbonyl (C=O) groups is 3. The van der Waals surface area contributed by atoms with Gasteiger partial charge in [-0.25, -0.2) is 0 Å². The minimum absolute atomic E-state index is 0.0810. The molecule has 0 aliphatic carbocycles. The molecule has 0 rings (SSSR count). The number of carbonyl (C=O) groups excluding carboxylic acids is 3. The molecule has 0 aromatic heterocycles. The van der Waals surface area contributed by atoms with Crippen LogP contribution in [0.3, 0.4) is 0 Å². The quantitative estimate of drug-likeness (QED) is 0.0261. The average Bonchev–Trinajstić information content (AvgIpc) is 3.47. The lowest BCUT2D eigenvalue weighted by Crippen LogP contribution is -2.30. The molecule has 0 aliphatic rings. The average molecular weight is 1130 g/mol. The first-order valence-corrected chi connectivity index (χ1v) is 35.8. The molecule has 0 amide bonds. The summed E-state index contributed by atoms with van der Waals surface area (Å²) in [6.07, 6.45) is 89.7. The lowest BCUT2D eigenvalue weighted by Gasteiger charge is -2.18.